The molecule has 2 atom stereocenters. The summed E-state index contributed by atoms with van der Waals surface area (Å²) >= 11 is 0. The van der Waals surface area contributed by atoms with Crippen molar-refractivity contribution in [3.8, 4) is 0 Å². The summed E-state index contributed by atoms with van der Waals surface area (Å²) in [6.07, 6.45) is 2.11. The van der Waals surface area contributed by atoms with Crippen LogP contribution in [0.1, 0.15) is 38.2 Å². The fourth-order valence-electron chi connectivity index (χ4n) is 2.06. The summed E-state index contributed by atoms with van der Waals surface area (Å²) in [6, 6.07) is 9.79. The molecular weight excluding hydrogens is 186 g/mol. The number of primary amides is 1. The van der Waals surface area contributed by atoms with E-state index in [9.17, 15) is 4.79 Å². The van der Waals surface area contributed by atoms with Crippen molar-refractivity contribution in [2.24, 2.45) is 11.7 Å². The van der Waals surface area contributed by atoms with Crippen LogP contribution in [0.4, 0.5) is 0 Å². The van der Waals surface area contributed by atoms with Gasteiger partial charge in [0.1, 0.15) is 0 Å². The average molecular weight is 205 g/mol. The molecule has 0 aliphatic carbocycles. The molecule has 2 unspecified atom stereocenters. The SMILES string of the molecule is CCCC(C)C(C(N)=O)c1ccccc1. The molecule has 2 heteroatoms. The van der Waals surface area contributed by atoms with E-state index in [1.807, 2.05) is 30.3 Å². The van der Waals surface area contributed by atoms with Crippen molar-refractivity contribution in [3.05, 3.63) is 35.9 Å². The Morgan fingerprint density at radius 1 is 1.33 bits per heavy atom. The Hall–Kier alpha value is -1.31. The molecule has 0 spiro atoms. The van der Waals surface area contributed by atoms with E-state index in [2.05, 4.69) is 13.8 Å². The van der Waals surface area contributed by atoms with Crippen LogP contribution in [-0.2, 0) is 4.79 Å². The monoisotopic (exact) mass is 205 g/mol. The first-order valence-electron chi connectivity index (χ1n) is 5.51. The van der Waals surface area contributed by atoms with Crippen molar-refractivity contribution in [2.75, 3.05) is 0 Å². The van der Waals surface area contributed by atoms with Gasteiger partial charge in [0.25, 0.3) is 0 Å². The van der Waals surface area contributed by atoms with Gasteiger partial charge in [-0.1, -0.05) is 50.6 Å². The molecule has 0 bridgehead atoms. The lowest BCUT2D eigenvalue weighted by molar-refractivity contribution is -0.120. The Labute approximate surface area is 91.5 Å². The Kier molecular flexibility index (Phi) is 4.35. The Morgan fingerprint density at radius 3 is 2.40 bits per heavy atom. The molecule has 2 N–H and O–H groups in total. The molecule has 1 aromatic carbocycles. The molecule has 1 aromatic rings. The van der Waals surface area contributed by atoms with E-state index in [1.54, 1.807) is 0 Å². The topological polar surface area (TPSA) is 43.1 Å². The van der Waals surface area contributed by atoms with Crippen LogP contribution in [0.15, 0.2) is 30.3 Å². The van der Waals surface area contributed by atoms with Crippen LogP contribution in [0.25, 0.3) is 0 Å². The smallest absolute Gasteiger partial charge is 0.225 e. The first kappa shape index (κ1) is 11.8. The molecule has 82 valence electrons. The van der Waals surface area contributed by atoms with Gasteiger partial charge in [-0.3, -0.25) is 4.79 Å². The van der Waals surface area contributed by atoms with Gasteiger partial charge in [-0.05, 0) is 17.9 Å². The highest BCUT2D eigenvalue weighted by Gasteiger charge is 2.23. The maximum Gasteiger partial charge on any atom is 0.225 e. The zero-order valence-corrected chi connectivity index (χ0v) is 9.44. The summed E-state index contributed by atoms with van der Waals surface area (Å²) in [6.45, 7) is 4.21. The van der Waals surface area contributed by atoms with E-state index in [0.29, 0.717) is 5.92 Å². The number of rotatable bonds is 5. The van der Waals surface area contributed by atoms with Crippen molar-refractivity contribution < 1.29 is 4.79 Å². The number of hydrogen-bond acceptors (Lipinski definition) is 1. The van der Waals surface area contributed by atoms with E-state index in [-0.39, 0.29) is 11.8 Å². The molecule has 0 aliphatic heterocycles. The molecule has 0 aliphatic rings. The number of nitrogens with two attached hydrogens (primary N) is 1. The molecule has 0 fully saturated rings. The van der Waals surface area contributed by atoms with Gasteiger partial charge in [-0.2, -0.15) is 0 Å². The summed E-state index contributed by atoms with van der Waals surface area (Å²) in [5, 5.41) is 0. The molecule has 1 amide bonds. The number of amides is 1. The molecule has 2 nitrogen and oxygen atoms in total. The normalized spacial score (nSPS) is 14.5. The lowest BCUT2D eigenvalue weighted by Gasteiger charge is -2.20. The molecule has 0 radical (unpaired) electrons. The van der Waals surface area contributed by atoms with Crippen molar-refractivity contribution in [3.63, 3.8) is 0 Å². The summed E-state index contributed by atoms with van der Waals surface area (Å²) in [5.74, 6) is -0.0526. The molecule has 15 heavy (non-hydrogen) atoms. The second kappa shape index (κ2) is 5.54. The van der Waals surface area contributed by atoms with Gasteiger partial charge in [0.05, 0.1) is 5.92 Å². The lowest BCUT2D eigenvalue weighted by Crippen LogP contribution is -2.26. The van der Waals surface area contributed by atoms with Crippen LogP contribution < -0.4 is 5.73 Å². The van der Waals surface area contributed by atoms with Gasteiger partial charge >= 0.3 is 0 Å². The van der Waals surface area contributed by atoms with Gasteiger partial charge in [-0.25, -0.2) is 0 Å². The second-order valence-electron chi connectivity index (χ2n) is 4.06. The summed E-state index contributed by atoms with van der Waals surface area (Å²) in [4.78, 5) is 11.4. The zero-order valence-electron chi connectivity index (χ0n) is 9.44. The quantitative estimate of drug-likeness (QED) is 0.789. The molecular formula is C13H19NO. The van der Waals surface area contributed by atoms with Crippen molar-refractivity contribution in [2.45, 2.75) is 32.6 Å². The van der Waals surface area contributed by atoms with Gasteiger partial charge in [0, 0.05) is 0 Å². The Bertz CT molecular complexity index is 308. The van der Waals surface area contributed by atoms with Crippen molar-refractivity contribution in [1.29, 1.82) is 0 Å². The molecule has 0 saturated carbocycles. The van der Waals surface area contributed by atoms with Crippen LogP contribution in [0, 0.1) is 5.92 Å². The third-order valence-electron chi connectivity index (χ3n) is 2.78. The maximum atomic E-state index is 11.4. The van der Waals surface area contributed by atoms with Crippen LogP contribution in [0.2, 0.25) is 0 Å². The number of carbonyl (C=O) groups excluding carboxylic acids is 1. The third kappa shape index (κ3) is 3.08. The Balaban J connectivity index is 2.88. The van der Waals surface area contributed by atoms with Gasteiger partial charge < -0.3 is 5.73 Å². The maximum absolute atomic E-state index is 11.4. The fraction of sp³-hybridized carbons (Fsp3) is 0.462. The lowest BCUT2D eigenvalue weighted by atomic mass is 9.84. The van der Waals surface area contributed by atoms with Gasteiger partial charge in [-0.15, -0.1) is 0 Å². The molecule has 0 heterocycles. The highest BCUT2D eigenvalue weighted by molar-refractivity contribution is 5.82. The second-order valence-corrected chi connectivity index (χ2v) is 4.06. The van der Waals surface area contributed by atoms with E-state index in [1.165, 1.54) is 0 Å². The van der Waals surface area contributed by atoms with Gasteiger partial charge in [0.15, 0.2) is 0 Å². The zero-order chi connectivity index (χ0) is 11.3. The van der Waals surface area contributed by atoms with E-state index >= 15 is 0 Å². The average Bonchev–Trinajstić information content (AvgIpc) is 2.19. The molecule has 0 saturated heterocycles. The number of hydrogen-bond donors (Lipinski definition) is 1. The standard InChI is InChI=1S/C13H19NO/c1-3-7-10(2)12(13(14)15)11-8-5-4-6-9-11/h4-6,8-10,12H,3,7H2,1-2H3,(H2,14,15). The van der Waals surface area contributed by atoms with Crippen LogP contribution in [0.5, 0.6) is 0 Å². The predicted molar refractivity (Wildman–Crippen MR) is 62.4 cm³/mol. The largest absolute Gasteiger partial charge is 0.369 e. The Morgan fingerprint density at radius 2 is 1.93 bits per heavy atom. The molecule has 1 rings (SSSR count). The number of benzene rings is 1. The third-order valence-corrected chi connectivity index (χ3v) is 2.78. The van der Waals surface area contributed by atoms with Crippen LogP contribution in [-0.4, -0.2) is 5.91 Å². The summed E-state index contributed by atoms with van der Waals surface area (Å²) in [7, 11) is 0. The summed E-state index contributed by atoms with van der Waals surface area (Å²) in [5.41, 5.74) is 6.49. The fourth-order valence-corrected chi connectivity index (χ4v) is 2.06. The van der Waals surface area contributed by atoms with Crippen molar-refractivity contribution >= 4 is 5.91 Å². The minimum Gasteiger partial charge on any atom is -0.369 e. The summed E-state index contributed by atoms with van der Waals surface area (Å²) < 4.78 is 0. The van der Waals surface area contributed by atoms with Crippen molar-refractivity contribution in [1.82, 2.24) is 0 Å². The predicted octanol–water partition coefficient (Wildman–Crippen LogP) is 2.69. The van der Waals surface area contributed by atoms with E-state index in [4.69, 9.17) is 5.73 Å². The van der Waals surface area contributed by atoms with Gasteiger partial charge in [0.2, 0.25) is 5.91 Å². The highest BCUT2D eigenvalue weighted by atomic mass is 16.1. The first-order chi connectivity index (χ1) is 7.16. The molecule has 0 aromatic heterocycles. The first-order valence-corrected chi connectivity index (χ1v) is 5.51. The van der Waals surface area contributed by atoms with E-state index in [0.717, 1.165) is 18.4 Å². The minimum absolute atomic E-state index is 0.147. The highest BCUT2D eigenvalue weighted by Crippen LogP contribution is 2.27. The van der Waals surface area contributed by atoms with Crippen LogP contribution >= 0.6 is 0 Å². The number of carbonyl (C=O) groups is 1. The van der Waals surface area contributed by atoms with Crippen LogP contribution in [0.3, 0.4) is 0 Å². The minimum atomic E-state index is -0.220. The van der Waals surface area contributed by atoms with E-state index < -0.39 is 0 Å².